The molecule has 0 aliphatic heterocycles. The third-order valence-corrected chi connectivity index (χ3v) is 6.35. The minimum absolute atomic E-state index is 0.0771. The molecule has 1 amide bonds. The van der Waals surface area contributed by atoms with Crippen LogP contribution in [0.3, 0.4) is 0 Å². The van der Waals surface area contributed by atoms with Crippen LogP contribution in [0.4, 0.5) is 5.69 Å². The van der Waals surface area contributed by atoms with E-state index in [4.69, 9.17) is 0 Å². The number of phenols is 1. The summed E-state index contributed by atoms with van der Waals surface area (Å²) in [6, 6.07) is 20.7. The number of aromatic hydroxyl groups is 1. The highest BCUT2D eigenvalue weighted by Gasteiger charge is 2.27. The highest BCUT2D eigenvalue weighted by Crippen LogP contribution is 2.25. The van der Waals surface area contributed by atoms with Crippen molar-refractivity contribution in [1.29, 1.82) is 0 Å². The quantitative estimate of drug-likeness (QED) is 0.393. The number of benzene rings is 3. The minimum Gasteiger partial charge on any atom is -0.508 e. The second kappa shape index (κ2) is 9.55. The van der Waals surface area contributed by atoms with Gasteiger partial charge in [0.1, 0.15) is 12.3 Å². The number of hydrazone groups is 1. The molecular formula is C21H18BrN3O4S. The fourth-order valence-corrected chi connectivity index (χ4v) is 4.25. The van der Waals surface area contributed by atoms with Crippen LogP contribution in [0.1, 0.15) is 5.56 Å². The standard InChI is InChI=1S/C21H18BrN3O4S/c22-17-8-10-18(11-9-17)25(30(28,29)20-4-2-1-3-5-20)15-21(27)24-23-14-16-6-12-19(26)13-7-16/h1-14,26H,15H2,(H,24,27)/b23-14+. The molecule has 0 aliphatic carbocycles. The van der Waals surface area contributed by atoms with Crippen LogP contribution in [-0.4, -0.2) is 32.2 Å². The van der Waals surface area contributed by atoms with Gasteiger partial charge in [0.15, 0.2) is 0 Å². The molecule has 0 unspecified atom stereocenters. The molecule has 3 rings (SSSR count). The molecule has 0 radical (unpaired) electrons. The summed E-state index contributed by atoms with van der Waals surface area (Å²) < 4.78 is 28.1. The van der Waals surface area contributed by atoms with Gasteiger partial charge in [-0.3, -0.25) is 9.10 Å². The Morgan fingerprint density at radius 1 is 1.00 bits per heavy atom. The summed E-state index contributed by atoms with van der Waals surface area (Å²) in [5.74, 6) is -0.486. The number of carbonyl (C=O) groups excluding carboxylic acids is 1. The molecule has 2 N–H and O–H groups in total. The van der Waals surface area contributed by atoms with Gasteiger partial charge in [0.25, 0.3) is 15.9 Å². The summed E-state index contributed by atoms with van der Waals surface area (Å²) in [4.78, 5) is 12.5. The molecule has 30 heavy (non-hydrogen) atoms. The molecule has 0 aromatic heterocycles. The summed E-state index contributed by atoms with van der Waals surface area (Å²) in [7, 11) is -3.97. The zero-order chi connectivity index (χ0) is 21.6. The fourth-order valence-electron chi connectivity index (χ4n) is 2.55. The van der Waals surface area contributed by atoms with Gasteiger partial charge in [0, 0.05) is 4.47 Å². The lowest BCUT2D eigenvalue weighted by Gasteiger charge is -2.23. The Morgan fingerprint density at radius 2 is 1.63 bits per heavy atom. The maximum absolute atomic E-state index is 13.2. The molecule has 0 atom stereocenters. The molecule has 0 fully saturated rings. The normalized spacial score (nSPS) is 11.4. The summed E-state index contributed by atoms with van der Waals surface area (Å²) >= 11 is 3.32. The second-order valence-corrected chi connectivity index (χ2v) is 8.96. The number of amides is 1. The van der Waals surface area contributed by atoms with E-state index in [1.807, 2.05) is 0 Å². The molecule has 7 nitrogen and oxygen atoms in total. The van der Waals surface area contributed by atoms with Crippen LogP contribution in [0.5, 0.6) is 5.75 Å². The van der Waals surface area contributed by atoms with Crippen LogP contribution in [0, 0.1) is 0 Å². The zero-order valence-corrected chi connectivity index (χ0v) is 18.0. The first-order valence-electron chi connectivity index (χ1n) is 8.80. The molecular weight excluding hydrogens is 470 g/mol. The molecule has 0 heterocycles. The molecule has 3 aromatic carbocycles. The van der Waals surface area contributed by atoms with Gasteiger partial charge in [0.2, 0.25) is 0 Å². The minimum atomic E-state index is -3.97. The average Bonchev–Trinajstić information content (AvgIpc) is 2.75. The topological polar surface area (TPSA) is 99.1 Å². The van der Waals surface area contributed by atoms with E-state index < -0.39 is 22.5 Å². The van der Waals surface area contributed by atoms with Gasteiger partial charge in [0.05, 0.1) is 16.8 Å². The lowest BCUT2D eigenvalue weighted by molar-refractivity contribution is -0.119. The Balaban J connectivity index is 1.81. The van der Waals surface area contributed by atoms with Gasteiger partial charge >= 0.3 is 0 Å². The number of carbonyl (C=O) groups is 1. The number of nitrogens with zero attached hydrogens (tertiary/aromatic N) is 2. The number of halogens is 1. The Hall–Kier alpha value is -3.17. The van der Waals surface area contributed by atoms with E-state index in [0.717, 1.165) is 8.78 Å². The number of phenolic OH excluding ortho intramolecular Hbond substituents is 1. The van der Waals surface area contributed by atoms with Crippen molar-refractivity contribution in [1.82, 2.24) is 5.43 Å². The smallest absolute Gasteiger partial charge is 0.264 e. The van der Waals surface area contributed by atoms with Gasteiger partial charge in [-0.25, -0.2) is 13.8 Å². The van der Waals surface area contributed by atoms with Gasteiger partial charge in [-0.2, -0.15) is 5.10 Å². The Kier molecular flexibility index (Phi) is 6.86. The predicted octanol–water partition coefficient (Wildman–Crippen LogP) is 3.50. The monoisotopic (exact) mass is 487 g/mol. The molecule has 154 valence electrons. The Labute approximate surface area is 182 Å². The largest absolute Gasteiger partial charge is 0.508 e. The first-order chi connectivity index (χ1) is 14.4. The zero-order valence-electron chi connectivity index (χ0n) is 15.6. The third-order valence-electron chi connectivity index (χ3n) is 4.03. The SMILES string of the molecule is O=C(CN(c1ccc(Br)cc1)S(=O)(=O)c1ccccc1)N/N=C/c1ccc(O)cc1. The number of sulfonamides is 1. The van der Waals surface area contributed by atoms with E-state index >= 15 is 0 Å². The highest BCUT2D eigenvalue weighted by molar-refractivity contribution is 9.10. The van der Waals surface area contributed by atoms with E-state index in [1.54, 1.807) is 54.6 Å². The molecule has 0 bridgehead atoms. The van der Waals surface area contributed by atoms with Crippen LogP contribution >= 0.6 is 15.9 Å². The van der Waals surface area contributed by atoms with Crippen molar-refractivity contribution in [3.8, 4) is 5.75 Å². The summed E-state index contributed by atoms with van der Waals surface area (Å²) in [5, 5.41) is 13.1. The number of nitrogens with one attached hydrogen (secondary N) is 1. The second-order valence-electron chi connectivity index (χ2n) is 6.19. The van der Waals surface area contributed by atoms with Crippen LogP contribution in [0.25, 0.3) is 0 Å². The first kappa shape index (κ1) is 21.5. The van der Waals surface area contributed by atoms with Crippen molar-refractivity contribution in [2.45, 2.75) is 4.90 Å². The summed E-state index contributed by atoms with van der Waals surface area (Å²) in [6.45, 7) is -0.453. The van der Waals surface area contributed by atoms with Crippen LogP contribution in [-0.2, 0) is 14.8 Å². The van der Waals surface area contributed by atoms with E-state index in [-0.39, 0.29) is 10.6 Å². The summed E-state index contributed by atoms with van der Waals surface area (Å²) in [6.07, 6.45) is 1.40. The van der Waals surface area contributed by atoms with Crippen molar-refractivity contribution in [3.05, 3.63) is 88.9 Å². The molecule has 0 saturated carbocycles. The van der Waals surface area contributed by atoms with E-state index in [1.165, 1.54) is 30.5 Å². The van der Waals surface area contributed by atoms with Crippen molar-refractivity contribution in [3.63, 3.8) is 0 Å². The van der Waals surface area contributed by atoms with Gasteiger partial charge in [-0.1, -0.05) is 34.1 Å². The lowest BCUT2D eigenvalue weighted by Crippen LogP contribution is -2.39. The number of anilines is 1. The lowest BCUT2D eigenvalue weighted by atomic mass is 10.2. The number of hydrogen-bond acceptors (Lipinski definition) is 5. The van der Waals surface area contributed by atoms with Crippen LogP contribution in [0.2, 0.25) is 0 Å². The molecule has 0 spiro atoms. The molecule has 3 aromatic rings. The Bertz CT molecular complexity index is 1130. The van der Waals surface area contributed by atoms with E-state index in [0.29, 0.717) is 11.3 Å². The van der Waals surface area contributed by atoms with Crippen molar-refractivity contribution >= 4 is 43.8 Å². The fraction of sp³-hybridized carbons (Fsp3) is 0.0476. The number of hydrogen-bond donors (Lipinski definition) is 2. The number of rotatable bonds is 7. The predicted molar refractivity (Wildman–Crippen MR) is 119 cm³/mol. The van der Waals surface area contributed by atoms with Crippen LogP contribution < -0.4 is 9.73 Å². The van der Waals surface area contributed by atoms with Gasteiger partial charge < -0.3 is 5.11 Å². The Morgan fingerprint density at radius 3 is 2.27 bits per heavy atom. The maximum atomic E-state index is 13.2. The van der Waals surface area contributed by atoms with Crippen molar-refractivity contribution in [2.24, 2.45) is 5.10 Å². The van der Waals surface area contributed by atoms with Gasteiger partial charge in [-0.05, 0) is 66.2 Å². The molecule has 0 saturated heterocycles. The van der Waals surface area contributed by atoms with Crippen LogP contribution in [0.15, 0.2) is 93.3 Å². The molecule has 0 aliphatic rings. The summed E-state index contributed by atoms with van der Waals surface area (Å²) in [5.41, 5.74) is 3.34. The maximum Gasteiger partial charge on any atom is 0.264 e. The first-order valence-corrected chi connectivity index (χ1v) is 11.0. The van der Waals surface area contributed by atoms with E-state index in [2.05, 4.69) is 26.5 Å². The highest BCUT2D eigenvalue weighted by atomic mass is 79.9. The van der Waals surface area contributed by atoms with Crippen molar-refractivity contribution < 1.29 is 18.3 Å². The van der Waals surface area contributed by atoms with E-state index in [9.17, 15) is 18.3 Å². The molecule has 9 heteroatoms. The van der Waals surface area contributed by atoms with Gasteiger partial charge in [-0.15, -0.1) is 0 Å². The third kappa shape index (κ3) is 5.46. The van der Waals surface area contributed by atoms with Crippen molar-refractivity contribution in [2.75, 3.05) is 10.8 Å². The average molecular weight is 488 g/mol.